The van der Waals surface area contributed by atoms with Crippen molar-refractivity contribution < 1.29 is 14.7 Å². The molecule has 1 aromatic rings. The van der Waals surface area contributed by atoms with Crippen molar-refractivity contribution in [2.45, 2.75) is 32.4 Å². The number of carbonyl (C=O) groups excluding carboxylic acids is 1. The number of rotatable bonds is 9. The highest BCUT2D eigenvalue weighted by molar-refractivity contribution is 7.99. The fraction of sp³-hybridized carbons (Fsp3) is 0.500. The average Bonchev–Trinajstić information content (AvgIpc) is 2.47. The highest BCUT2D eigenvalue weighted by Gasteiger charge is 2.11. The van der Waals surface area contributed by atoms with Gasteiger partial charge in [-0.2, -0.15) is 0 Å². The van der Waals surface area contributed by atoms with Crippen LogP contribution in [-0.2, 0) is 10.5 Å². The lowest BCUT2D eigenvalue weighted by atomic mass is 10.1. The number of benzene rings is 1. The van der Waals surface area contributed by atoms with E-state index in [0.717, 1.165) is 31.5 Å². The number of hydrogen-bond acceptors (Lipinski definition) is 3. The maximum atomic E-state index is 12.1. The van der Waals surface area contributed by atoms with Crippen LogP contribution in [0, 0.1) is 0 Å². The monoisotopic (exact) mass is 309 g/mol. The van der Waals surface area contributed by atoms with E-state index in [0.29, 0.717) is 11.5 Å². The molecule has 0 aliphatic rings. The van der Waals surface area contributed by atoms with E-state index in [2.05, 4.69) is 13.8 Å². The van der Waals surface area contributed by atoms with Crippen LogP contribution in [0.3, 0.4) is 0 Å². The predicted octanol–water partition coefficient (Wildman–Crippen LogP) is 3.27. The number of carboxylic acids is 1. The van der Waals surface area contributed by atoms with Crippen molar-refractivity contribution in [2.24, 2.45) is 0 Å². The topological polar surface area (TPSA) is 57.6 Å². The maximum absolute atomic E-state index is 12.1. The van der Waals surface area contributed by atoms with Gasteiger partial charge in [-0.25, -0.2) is 4.79 Å². The van der Waals surface area contributed by atoms with Crippen LogP contribution in [0.25, 0.3) is 0 Å². The zero-order valence-corrected chi connectivity index (χ0v) is 13.5. The summed E-state index contributed by atoms with van der Waals surface area (Å²) < 4.78 is 0. The van der Waals surface area contributed by atoms with Gasteiger partial charge in [0.2, 0.25) is 5.91 Å². The molecular formula is C16H23NO3S. The fourth-order valence-electron chi connectivity index (χ4n) is 2.04. The van der Waals surface area contributed by atoms with Crippen molar-refractivity contribution in [3.05, 3.63) is 35.4 Å². The fourth-order valence-corrected chi connectivity index (χ4v) is 2.92. The number of hydrogen-bond donors (Lipinski definition) is 1. The molecule has 0 atom stereocenters. The molecule has 0 aliphatic heterocycles. The highest BCUT2D eigenvalue weighted by atomic mass is 32.2. The average molecular weight is 309 g/mol. The Morgan fingerprint density at radius 2 is 1.86 bits per heavy atom. The minimum Gasteiger partial charge on any atom is -0.478 e. The second-order valence-electron chi connectivity index (χ2n) is 4.88. The zero-order valence-electron chi connectivity index (χ0n) is 12.7. The van der Waals surface area contributed by atoms with Crippen LogP contribution in [0.15, 0.2) is 24.3 Å². The van der Waals surface area contributed by atoms with Gasteiger partial charge in [-0.05, 0) is 30.5 Å². The van der Waals surface area contributed by atoms with Gasteiger partial charge in [0.1, 0.15) is 0 Å². The lowest BCUT2D eigenvalue weighted by Crippen LogP contribution is -2.33. The van der Waals surface area contributed by atoms with Gasteiger partial charge in [0.05, 0.1) is 11.3 Å². The van der Waals surface area contributed by atoms with Gasteiger partial charge >= 0.3 is 5.97 Å². The van der Waals surface area contributed by atoms with E-state index in [9.17, 15) is 9.59 Å². The molecule has 1 N–H and O–H groups in total. The largest absolute Gasteiger partial charge is 0.478 e. The highest BCUT2D eigenvalue weighted by Crippen LogP contribution is 2.15. The van der Waals surface area contributed by atoms with Gasteiger partial charge in [0.25, 0.3) is 0 Å². The molecule has 116 valence electrons. The number of nitrogens with zero attached hydrogens (tertiary/aromatic N) is 1. The molecule has 0 bridgehead atoms. The van der Waals surface area contributed by atoms with Crippen molar-refractivity contribution in [1.29, 1.82) is 0 Å². The molecule has 5 heteroatoms. The number of aromatic carboxylic acids is 1. The van der Waals surface area contributed by atoms with Crippen LogP contribution in [0.4, 0.5) is 0 Å². The van der Waals surface area contributed by atoms with Crippen LogP contribution in [0.2, 0.25) is 0 Å². The van der Waals surface area contributed by atoms with E-state index in [1.807, 2.05) is 11.0 Å². The third-order valence-corrected chi connectivity index (χ3v) is 4.00. The lowest BCUT2D eigenvalue weighted by Gasteiger charge is -2.21. The quantitative estimate of drug-likeness (QED) is 0.760. The number of amides is 1. The summed E-state index contributed by atoms with van der Waals surface area (Å²) in [5, 5.41) is 8.95. The number of carbonyl (C=O) groups is 2. The summed E-state index contributed by atoms with van der Waals surface area (Å²) in [5.74, 6) is 0.337. The minimum absolute atomic E-state index is 0.165. The molecule has 1 rings (SSSR count). The van der Waals surface area contributed by atoms with E-state index in [1.165, 1.54) is 11.8 Å². The second-order valence-corrected chi connectivity index (χ2v) is 5.86. The van der Waals surface area contributed by atoms with Crippen LogP contribution >= 0.6 is 11.8 Å². The molecule has 0 aromatic heterocycles. The number of carboxylic acid groups (broad SMARTS) is 1. The molecule has 0 saturated carbocycles. The first-order valence-electron chi connectivity index (χ1n) is 7.26. The summed E-state index contributed by atoms with van der Waals surface area (Å²) in [6.07, 6.45) is 1.94. The smallest absolute Gasteiger partial charge is 0.335 e. The summed E-state index contributed by atoms with van der Waals surface area (Å²) in [4.78, 5) is 24.9. The Morgan fingerprint density at radius 1 is 1.19 bits per heavy atom. The third-order valence-electron chi connectivity index (χ3n) is 3.01. The Labute approximate surface area is 130 Å². The van der Waals surface area contributed by atoms with Crippen molar-refractivity contribution in [3.63, 3.8) is 0 Å². The normalized spacial score (nSPS) is 10.4. The van der Waals surface area contributed by atoms with Gasteiger partial charge in [-0.15, -0.1) is 11.8 Å². The molecule has 0 aliphatic carbocycles. The first kappa shape index (κ1) is 17.6. The van der Waals surface area contributed by atoms with Gasteiger partial charge in [0.15, 0.2) is 0 Å². The first-order valence-corrected chi connectivity index (χ1v) is 8.41. The van der Waals surface area contributed by atoms with E-state index in [1.54, 1.807) is 18.2 Å². The Kier molecular flexibility index (Phi) is 7.90. The zero-order chi connectivity index (χ0) is 15.7. The van der Waals surface area contributed by atoms with Gasteiger partial charge in [-0.3, -0.25) is 4.79 Å². The summed E-state index contributed by atoms with van der Waals surface area (Å²) in [7, 11) is 0. The Hall–Kier alpha value is -1.49. The molecule has 4 nitrogen and oxygen atoms in total. The van der Waals surface area contributed by atoms with Gasteiger partial charge in [0, 0.05) is 18.8 Å². The van der Waals surface area contributed by atoms with Crippen LogP contribution in [0.5, 0.6) is 0 Å². The van der Waals surface area contributed by atoms with Gasteiger partial charge in [-0.1, -0.05) is 26.0 Å². The molecule has 0 saturated heterocycles. The SMILES string of the molecule is CCCN(CCC)C(=O)CSCc1cccc(C(=O)O)c1. The number of thioether (sulfide) groups is 1. The van der Waals surface area contributed by atoms with Crippen LogP contribution in [-0.4, -0.2) is 40.7 Å². The summed E-state index contributed by atoms with van der Waals surface area (Å²) in [5.41, 5.74) is 1.23. The van der Waals surface area contributed by atoms with Gasteiger partial charge < -0.3 is 10.0 Å². The molecule has 1 aromatic carbocycles. The van der Waals surface area contributed by atoms with Crippen molar-refractivity contribution in [3.8, 4) is 0 Å². The van der Waals surface area contributed by atoms with E-state index < -0.39 is 5.97 Å². The molecule has 0 radical (unpaired) electrons. The summed E-state index contributed by atoms with van der Waals surface area (Å²) in [6, 6.07) is 6.86. The van der Waals surface area contributed by atoms with Crippen LogP contribution in [0.1, 0.15) is 42.6 Å². The summed E-state index contributed by atoms with van der Waals surface area (Å²) >= 11 is 1.53. The molecule has 0 heterocycles. The van der Waals surface area contributed by atoms with Crippen molar-refractivity contribution >= 4 is 23.6 Å². The van der Waals surface area contributed by atoms with E-state index in [4.69, 9.17) is 5.11 Å². The minimum atomic E-state index is -0.921. The molecule has 0 spiro atoms. The van der Waals surface area contributed by atoms with E-state index in [-0.39, 0.29) is 11.5 Å². The standard InChI is InChI=1S/C16H23NO3S/c1-3-8-17(9-4-2)15(18)12-21-11-13-6-5-7-14(10-13)16(19)20/h5-7,10H,3-4,8-9,11-12H2,1-2H3,(H,19,20). The molecule has 21 heavy (non-hydrogen) atoms. The Balaban J connectivity index is 2.46. The molecule has 0 unspecified atom stereocenters. The van der Waals surface area contributed by atoms with E-state index >= 15 is 0 Å². The third kappa shape index (κ3) is 6.21. The lowest BCUT2D eigenvalue weighted by molar-refractivity contribution is -0.128. The van der Waals surface area contributed by atoms with Crippen molar-refractivity contribution in [1.82, 2.24) is 4.90 Å². The van der Waals surface area contributed by atoms with Crippen molar-refractivity contribution in [2.75, 3.05) is 18.8 Å². The molecular weight excluding hydrogens is 286 g/mol. The maximum Gasteiger partial charge on any atom is 0.335 e. The Morgan fingerprint density at radius 3 is 2.43 bits per heavy atom. The molecule has 0 fully saturated rings. The summed E-state index contributed by atoms with van der Waals surface area (Å²) in [6.45, 7) is 5.75. The van der Waals surface area contributed by atoms with Crippen LogP contribution < -0.4 is 0 Å². The Bertz CT molecular complexity index is 470. The second kappa shape index (κ2) is 9.45. The molecule has 1 amide bonds. The first-order chi connectivity index (χ1) is 10.1. The predicted molar refractivity (Wildman–Crippen MR) is 86.7 cm³/mol.